The van der Waals surface area contributed by atoms with E-state index in [4.69, 9.17) is 4.74 Å². The molecule has 1 atom stereocenters. The third kappa shape index (κ3) is 3.83. The summed E-state index contributed by atoms with van der Waals surface area (Å²) in [5.74, 6) is -0.0800. The van der Waals surface area contributed by atoms with E-state index in [-0.39, 0.29) is 12.0 Å². The summed E-state index contributed by atoms with van der Waals surface area (Å²) in [6.45, 7) is 9.69. The summed E-state index contributed by atoms with van der Waals surface area (Å²) >= 11 is 0. The smallest absolute Gasteiger partial charge is 0.323 e. The van der Waals surface area contributed by atoms with Gasteiger partial charge in [-0.1, -0.05) is 24.3 Å². The number of aryl methyl sites for hydroxylation is 1. The van der Waals surface area contributed by atoms with Crippen molar-refractivity contribution < 1.29 is 9.53 Å². The molecule has 20 heavy (non-hydrogen) atoms. The van der Waals surface area contributed by atoms with Gasteiger partial charge in [0, 0.05) is 6.54 Å². The summed E-state index contributed by atoms with van der Waals surface area (Å²) in [7, 11) is 0. The number of hydrogen-bond donors (Lipinski definition) is 0. The number of carbonyl (C=O) groups is 1. The van der Waals surface area contributed by atoms with Gasteiger partial charge in [0.1, 0.15) is 11.6 Å². The van der Waals surface area contributed by atoms with Crippen molar-refractivity contribution in [2.45, 2.75) is 58.7 Å². The fourth-order valence-electron chi connectivity index (χ4n) is 2.66. The molecule has 0 amide bonds. The van der Waals surface area contributed by atoms with Crippen LogP contribution in [0.1, 0.15) is 44.7 Å². The molecular weight excluding hydrogens is 250 g/mol. The van der Waals surface area contributed by atoms with Crippen molar-refractivity contribution in [3.05, 3.63) is 35.4 Å². The molecular formula is C17H25NO2. The largest absolute Gasteiger partial charge is 0.459 e. The van der Waals surface area contributed by atoms with Gasteiger partial charge in [0.05, 0.1) is 0 Å². The van der Waals surface area contributed by atoms with Crippen molar-refractivity contribution in [1.29, 1.82) is 0 Å². The fraction of sp³-hybridized carbons (Fsp3) is 0.588. The minimum Gasteiger partial charge on any atom is -0.459 e. The van der Waals surface area contributed by atoms with Gasteiger partial charge in [0.15, 0.2) is 0 Å². The van der Waals surface area contributed by atoms with E-state index in [1.54, 1.807) is 0 Å². The third-order valence-corrected chi connectivity index (χ3v) is 3.68. The molecule has 0 bridgehead atoms. The van der Waals surface area contributed by atoms with Gasteiger partial charge in [-0.3, -0.25) is 9.69 Å². The summed E-state index contributed by atoms with van der Waals surface area (Å²) in [5.41, 5.74) is 2.17. The van der Waals surface area contributed by atoms with Crippen LogP contribution in [0.2, 0.25) is 0 Å². The molecule has 1 heterocycles. The Balaban J connectivity index is 2.04. The third-order valence-electron chi connectivity index (χ3n) is 3.68. The van der Waals surface area contributed by atoms with Crippen molar-refractivity contribution >= 4 is 5.97 Å². The zero-order valence-corrected chi connectivity index (χ0v) is 13.0. The molecule has 0 aliphatic carbocycles. The second kappa shape index (κ2) is 5.96. The van der Waals surface area contributed by atoms with Gasteiger partial charge in [-0.2, -0.15) is 0 Å². The van der Waals surface area contributed by atoms with E-state index in [0.717, 1.165) is 25.9 Å². The van der Waals surface area contributed by atoms with Crippen molar-refractivity contribution in [2.75, 3.05) is 6.54 Å². The molecule has 1 fully saturated rings. The average Bonchev–Trinajstić information content (AvgIpc) is 2.78. The Kier molecular flexibility index (Phi) is 4.48. The first kappa shape index (κ1) is 15.0. The predicted octanol–water partition coefficient (Wildman–Crippen LogP) is 3.30. The van der Waals surface area contributed by atoms with E-state index < -0.39 is 5.60 Å². The highest BCUT2D eigenvalue weighted by Gasteiger charge is 2.34. The molecule has 0 radical (unpaired) electrons. The molecule has 2 rings (SSSR count). The van der Waals surface area contributed by atoms with Gasteiger partial charge in [0.25, 0.3) is 0 Å². The quantitative estimate of drug-likeness (QED) is 0.793. The Labute approximate surface area is 121 Å². The molecule has 1 aromatic carbocycles. The first-order chi connectivity index (χ1) is 9.37. The van der Waals surface area contributed by atoms with Crippen LogP contribution < -0.4 is 0 Å². The lowest BCUT2D eigenvalue weighted by Crippen LogP contribution is -2.40. The number of likely N-dealkylation sites (tertiary alicyclic amines) is 1. The van der Waals surface area contributed by atoms with E-state index in [0.29, 0.717) is 0 Å². The first-order valence-corrected chi connectivity index (χ1v) is 7.38. The predicted molar refractivity (Wildman–Crippen MR) is 80.5 cm³/mol. The van der Waals surface area contributed by atoms with Gasteiger partial charge in [-0.25, -0.2) is 0 Å². The van der Waals surface area contributed by atoms with Crippen LogP contribution in [0.4, 0.5) is 0 Å². The Morgan fingerprint density at radius 1 is 1.35 bits per heavy atom. The number of benzene rings is 1. The van der Waals surface area contributed by atoms with Crippen molar-refractivity contribution in [3.8, 4) is 0 Å². The van der Waals surface area contributed by atoms with Gasteiger partial charge < -0.3 is 4.74 Å². The molecule has 0 aromatic heterocycles. The van der Waals surface area contributed by atoms with Gasteiger partial charge in [0.2, 0.25) is 0 Å². The standard InChI is InChI=1S/C17H25NO2/c1-13-8-5-6-9-14(13)12-18-11-7-10-15(18)16(19)20-17(2,3)4/h5-6,8-9,15H,7,10-12H2,1-4H3/t15-/m0/s1. The summed E-state index contributed by atoms with van der Waals surface area (Å²) in [4.78, 5) is 14.5. The van der Waals surface area contributed by atoms with Crippen LogP contribution in [0.25, 0.3) is 0 Å². The van der Waals surface area contributed by atoms with E-state index in [1.807, 2.05) is 26.8 Å². The minimum absolute atomic E-state index is 0.0800. The lowest BCUT2D eigenvalue weighted by atomic mass is 10.1. The zero-order chi connectivity index (χ0) is 14.8. The van der Waals surface area contributed by atoms with Crippen LogP contribution in [-0.4, -0.2) is 29.1 Å². The number of ether oxygens (including phenoxy) is 1. The molecule has 110 valence electrons. The second-order valence-corrected chi connectivity index (χ2v) is 6.59. The summed E-state index contributed by atoms with van der Waals surface area (Å²) in [6, 6.07) is 8.27. The lowest BCUT2D eigenvalue weighted by Gasteiger charge is -2.27. The second-order valence-electron chi connectivity index (χ2n) is 6.59. The van der Waals surface area contributed by atoms with E-state index in [1.165, 1.54) is 11.1 Å². The van der Waals surface area contributed by atoms with Gasteiger partial charge in [-0.05, 0) is 58.2 Å². The number of hydrogen-bond acceptors (Lipinski definition) is 3. The number of nitrogens with zero attached hydrogens (tertiary/aromatic N) is 1. The Morgan fingerprint density at radius 2 is 2.05 bits per heavy atom. The summed E-state index contributed by atoms with van der Waals surface area (Å²) in [5, 5.41) is 0. The van der Waals surface area contributed by atoms with Crippen LogP contribution in [0.5, 0.6) is 0 Å². The minimum atomic E-state index is -0.409. The molecule has 1 aromatic rings. The zero-order valence-electron chi connectivity index (χ0n) is 13.0. The number of carbonyl (C=O) groups excluding carboxylic acids is 1. The highest BCUT2D eigenvalue weighted by atomic mass is 16.6. The lowest BCUT2D eigenvalue weighted by molar-refractivity contribution is -0.160. The molecule has 0 spiro atoms. The molecule has 3 nitrogen and oxygen atoms in total. The van der Waals surface area contributed by atoms with Crippen molar-refractivity contribution in [1.82, 2.24) is 4.90 Å². The maximum atomic E-state index is 12.3. The molecule has 1 saturated heterocycles. The number of rotatable bonds is 3. The molecule has 1 aliphatic rings. The normalized spacial score (nSPS) is 20.1. The Hall–Kier alpha value is -1.35. The highest BCUT2D eigenvalue weighted by Crippen LogP contribution is 2.24. The maximum Gasteiger partial charge on any atom is 0.323 e. The Morgan fingerprint density at radius 3 is 2.70 bits per heavy atom. The fourth-order valence-corrected chi connectivity index (χ4v) is 2.66. The van der Waals surface area contributed by atoms with Crippen LogP contribution in [-0.2, 0) is 16.1 Å². The molecule has 0 unspecified atom stereocenters. The van der Waals surface area contributed by atoms with Gasteiger partial charge in [-0.15, -0.1) is 0 Å². The molecule has 0 N–H and O–H groups in total. The summed E-state index contributed by atoms with van der Waals surface area (Å²) in [6.07, 6.45) is 1.97. The first-order valence-electron chi connectivity index (χ1n) is 7.38. The van der Waals surface area contributed by atoms with Crippen LogP contribution in [0.15, 0.2) is 24.3 Å². The molecule has 3 heteroatoms. The topological polar surface area (TPSA) is 29.5 Å². The molecule has 1 aliphatic heterocycles. The SMILES string of the molecule is Cc1ccccc1CN1CCC[C@H]1C(=O)OC(C)(C)C. The Bertz CT molecular complexity index is 476. The van der Waals surface area contributed by atoms with Crippen LogP contribution in [0.3, 0.4) is 0 Å². The van der Waals surface area contributed by atoms with Crippen LogP contribution in [0, 0.1) is 6.92 Å². The van der Waals surface area contributed by atoms with E-state index in [2.05, 4.69) is 30.0 Å². The van der Waals surface area contributed by atoms with E-state index in [9.17, 15) is 4.79 Å². The maximum absolute atomic E-state index is 12.3. The highest BCUT2D eigenvalue weighted by molar-refractivity contribution is 5.76. The van der Waals surface area contributed by atoms with Gasteiger partial charge >= 0.3 is 5.97 Å². The summed E-state index contributed by atoms with van der Waals surface area (Å²) < 4.78 is 5.54. The van der Waals surface area contributed by atoms with Crippen LogP contribution >= 0.6 is 0 Å². The monoisotopic (exact) mass is 275 g/mol. The molecule has 0 saturated carbocycles. The average molecular weight is 275 g/mol. The van der Waals surface area contributed by atoms with Crippen molar-refractivity contribution in [2.24, 2.45) is 0 Å². The van der Waals surface area contributed by atoms with E-state index >= 15 is 0 Å². The van der Waals surface area contributed by atoms with Crippen molar-refractivity contribution in [3.63, 3.8) is 0 Å². The number of esters is 1.